The van der Waals surface area contributed by atoms with Crippen LogP contribution in [0.5, 0.6) is 0 Å². The van der Waals surface area contributed by atoms with Gasteiger partial charge in [0.05, 0.1) is 0 Å². The number of nitrogens with two attached hydrogens (primary N) is 1. The Bertz CT molecular complexity index is 357. The second-order valence-corrected chi connectivity index (χ2v) is 5.82. The number of rotatable bonds is 2. The number of nitrogen functional groups attached to an aromatic ring is 1. The van der Waals surface area contributed by atoms with Gasteiger partial charge in [-0.3, -0.25) is 0 Å². The van der Waals surface area contributed by atoms with E-state index in [2.05, 4.69) is 0 Å². The fraction of sp³-hybridized carbons (Fsp3) is 0.222. The number of anilines is 1. The molecule has 0 aromatic heterocycles. The number of halogens is 2. The van der Waals surface area contributed by atoms with Gasteiger partial charge in [-0.15, -0.1) is 0 Å². The summed E-state index contributed by atoms with van der Waals surface area (Å²) in [6.45, 7) is 2.01. The van der Waals surface area contributed by atoms with Gasteiger partial charge in [-0.25, -0.2) is 0 Å². The van der Waals surface area contributed by atoms with E-state index in [0.717, 1.165) is 4.43 Å². The molecule has 0 spiro atoms. The summed E-state index contributed by atoms with van der Waals surface area (Å²) in [6, 6.07) is 4.76. The summed E-state index contributed by atoms with van der Waals surface area (Å²) in [5, 5.41) is 8.66. The van der Waals surface area contributed by atoms with Gasteiger partial charge in [0, 0.05) is 0 Å². The second kappa shape index (κ2) is 4.42. The van der Waals surface area contributed by atoms with Crippen molar-refractivity contribution in [1.29, 1.82) is 5.26 Å². The first-order chi connectivity index (χ1) is 6.19. The van der Waals surface area contributed by atoms with Crippen molar-refractivity contribution in [2.75, 3.05) is 10.2 Å². The molecule has 1 aromatic rings. The third-order valence-electron chi connectivity index (χ3n) is 1.49. The fourth-order valence-electron chi connectivity index (χ4n) is 0.905. The summed E-state index contributed by atoms with van der Waals surface area (Å²) in [7, 11) is 0. The molecular weight excluding hydrogens is 282 g/mol. The Morgan fingerprint density at radius 3 is 2.85 bits per heavy atom. The minimum atomic E-state index is -0.309. The standard InChI is InChI=1S/C9H9FIN2/c1-2-11-8-3-6(5-12)9(13)4-7(8)10/h3-4H,2,13H2,1H3/q-1. The monoisotopic (exact) mass is 291 g/mol. The van der Waals surface area contributed by atoms with Crippen LogP contribution in [0.25, 0.3) is 0 Å². The topological polar surface area (TPSA) is 49.8 Å². The van der Waals surface area contributed by atoms with Gasteiger partial charge in [0.2, 0.25) is 0 Å². The number of nitrogens with zero attached hydrogens (tertiary/aromatic N) is 1. The molecule has 1 aromatic carbocycles. The molecule has 0 atom stereocenters. The molecule has 0 saturated heterocycles. The summed E-state index contributed by atoms with van der Waals surface area (Å²) in [5.74, 6) is -0.272. The molecule has 0 fully saturated rings. The van der Waals surface area contributed by atoms with Crippen LogP contribution in [0.1, 0.15) is 12.5 Å². The van der Waals surface area contributed by atoms with Crippen molar-refractivity contribution in [3.63, 3.8) is 0 Å². The third-order valence-corrected chi connectivity index (χ3v) is 3.90. The summed E-state index contributed by atoms with van der Waals surface area (Å²) < 4.78 is 14.8. The molecule has 0 saturated carbocycles. The van der Waals surface area contributed by atoms with Crippen LogP contribution in [0.3, 0.4) is 0 Å². The minimum absolute atomic E-state index is 0.226. The van der Waals surface area contributed by atoms with Gasteiger partial charge in [0.25, 0.3) is 0 Å². The van der Waals surface area contributed by atoms with Crippen molar-refractivity contribution in [2.24, 2.45) is 0 Å². The molecule has 0 aliphatic heterocycles. The zero-order valence-corrected chi connectivity index (χ0v) is 9.30. The van der Waals surface area contributed by atoms with E-state index in [1.165, 1.54) is 6.07 Å². The Hall–Kier alpha value is -0.830. The molecule has 4 heteroatoms. The van der Waals surface area contributed by atoms with E-state index < -0.39 is 0 Å². The molecule has 0 radical (unpaired) electrons. The van der Waals surface area contributed by atoms with E-state index >= 15 is 0 Å². The van der Waals surface area contributed by atoms with Gasteiger partial charge in [-0.2, -0.15) is 0 Å². The van der Waals surface area contributed by atoms with Crippen molar-refractivity contribution in [2.45, 2.75) is 6.92 Å². The third kappa shape index (κ3) is 2.31. The van der Waals surface area contributed by atoms with E-state index in [9.17, 15) is 4.39 Å². The molecule has 1 rings (SSSR count). The molecular formula is C9H9FIN2-. The van der Waals surface area contributed by atoms with Gasteiger partial charge in [0.1, 0.15) is 0 Å². The van der Waals surface area contributed by atoms with Crippen LogP contribution >= 0.6 is 0 Å². The SMILES string of the molecule is CC[I-]c1cc(C#N)c(N)cc1F. The molecule has 0 bridgehead atoms. The summed E-state index contributed by atoms with van der Waals surface area (Å²) in [5.41, 5.74) is 6.05. The number of alkyl halides is 1. The normalized spacial score (nSPS) is 9.92. The first-order valence-electron chi connectivity index (χ1n) is 3.77. The Balaban J connectivity index is 3.16. The van der Waals surface area contributed by atoms with Crippen LogP contribution in [0.15, 0.2) is 12.1 Å². The molecule has 0 heterocycles. The van der Waals surface area contributed by atoms with Crippen molar-refractivity contribution in [3.05, 3.63) is 27.1 Å². The molecule has 13 heavy (non-hydrogen) atoms. The first kappa shape index (κ1) is 10.3. The summed E-state index contributed by atoms with van der Waals surface area (Å²) in [6.07, 6.45) is 0. The van der Waals surface area contributed by atoms with E-state index in [-0.39, 0.29) is 32.7 Å². The van der Waals surface area contributed by atoms with E-state index in [4.69, 9.17) is 11.0 Å². The van der Waals surface area contributed by atoms with Gasteiger partial charge in [-0.05, 0) is 0 Å². The van der Waals surface area contributed by atoms with Crippen LogP contribution in [0.4, 0.5) is 10.1 Å². The molecule has 70 valence electrons. The van der Waals surface area contributed by atoms with E-state index in [0.29, 0.717) is 9.13 Å². The van der Waals surface area contributed by atoms with E-state index in [1.54, 1.807) is 6.07 Å². The van der Waals surface area contributed by atoms with Crippen LogP contribution < -0.4 is 26.9 Å². The van der Waals surface area contributed by atoms with E-state index in [1.807, 2.05) is 13.0 Å². The number of nitriles is 1. The molecule has 0 unspecified atom stereocenters. The van der Waals surface area contributed by atoms with Crippen LogP contribution in [-0.4, -0.2) is 4.43 Å². The van der Waals surface area contributed by atoms with Crippen molar-refractivity contribution in [1.82, 2.24) is 0 Å². The van der Waals surface area contributed by atoms with Crippen LogP contribution in [0.2, 0.25) is 0 Å². The van der Waals surface area contributed by atoms with Gasteiger partial charge >= 0.3 is 86.8 Å². The molecule has 2 N–H and O–H groups in total. The Morgan fingerprint density at radius 2 is 2.31 bits per heavy atom. The average molecular weight is 291 g/mol. The van der Waals surface area contributed by atoms with Crippen molar-refractivity contribution in [3.8, 4) is 6.07 Å². The van der Waals surface area contributed by atoms with Gasteiger partial charge in [-0.1, -0.05) is 0 Å². The maximum atomic E-state index is 13.2. The fourth-order valence-corrected chi connectivity index (χ4v) is 2.78. The second-order valence-electron chi connectivity index (χ2n) is 2.37. The van der Waals surface area contributed by atoms with Crippen LogP contribution in [0, 0.1) is 20.7 Å². The molecule has 0 amide bonds. The Labute approximate surface area is 86.8 Å². The summed E-state index contributed by atoms with van der Waals surface area (Å²) in [4.78, 5) is 0. The predicted molar refractivity (Wildman–Crippen MR) is 44.8 cm³/mol. The molecule has 0 aliphatic carbocycles. The predicted octanol–water partition coefficient (Wildman–Crippen LogP) is -1.44. The number of hydrogen-bond donors (Lipinski definition) is 1. The van der Waals surface area contributed by atoms with Crippen molar-refractivity contribution < 1.29 is 25.6 Å². The molecule has 2 nitrogen and oxygen atoms in total. The van der Waals surface area contributed by atoms with Crippen molar-refractivity contribution >= 4 is 5.69 Å². The summed E-state index contributed by atoms with van der Waals surface area (Å²) >= 11 is -0.309. The Kier molecular flexibility index (Phi) is 3.48. The molecule has 0 aliphatic rings. The van der Waals surface area contributed by atoms with Crippen LogP contribution in [-0.2, 0) is 0 Å². The number of benzene rings is 1. The number of hydrogen-bond acceptors (Lipinski definition) is 2. The quantitative estimate of drug-likeness (QED) is 0.412. The zero-order chi connectivity index (χ0) is 9.84. The van der Waals surface area contributed by atoms with Gasteiger partial charge in [0.15, 0.2) is 0 Å². The Morgan fingerprint density at radius 1 is 1.62 bits per heavy atom. The first-order valence-corrected chi connectivity index (χ1v) is 6.37. The van der Waals surface area contributed by atoms with Gasteiger partial charge < -0.3 is 0 Å². The maximum absolute atomic E-state index is 13.2. The average Bonchev–Trinajstić information content (AvgIpc) is 2.10. The zero-order valence-electron chi connectivity index (χ0n) is 7.14.